The minimum Gasteiger partial charge on any atom is -0.381 e. The molecule has 6 heteroatoms. The highest BCUT2D eigenvalue weighted by atomic mass is 32.2. The van der Waals surface area contributed by atoms with Crippen LogP contribution in [0.4, 0.5) is 5.69 Å². The molecule has 3 rings (SSSR count). The molecule has 0 saturated carbocycles. The topological polar surface area (TPSA) is 55.6 Å². The molecule has 2 unspecified atom stereocenters. The summed E-state index contributed by atoms with van der Waals surface area (Å²) in [6.07, 6.45) is 2.85. The molecule has 1 saturated heterocycles. The fraction of sp³-hybridized carbons (Fsp3) is 0.462. The highest BCUT2D eigenvalue weighted by molar-refractivity contribution is 8.00. The van der Waals surface area contributed by atoms with Crippen molar-refractivity contribution in [2.45, 2.75) is 31.6 Å². The van der Waals surface area contributed by atoms with Crippen LogP contribution < -0.4 is 5.32 Å². The molecule has 1 fully saturated rings. The Kier molecular flexibility index (Phi) is 3.42. The van der Waals surface area contributed by atoms with E-state index in [2.05, 4.69) is 52.9 Å². The van der Waals surface area contributed by atoms with Crippen molar-refractivity contribution in [1.82, 2.24) is 20.2 Å². The average Bonchev–Trinajstić information content (AvgIpc) is 3.01. The summed E-state index contributed by atoms with van der Waals surface area (Å²) in [5.41, 5.74) is 3.36. The Balaban J connectivity index is 1.76. The third-order valence-electron chi connectivity index (χ3n) is 3.36. The van der Waals surface area contributed by atoms with Gasteiger partial charge in [0.15, 0.2) is 0 Å². The number of hydrogen-bond donors (Lipinski definition) is 1. The molecule has 0 aliphatic carbocycles. The van der Waals surface area contributed by atoms with Crippen LogP contribution >= 0.6 is 11.8 Å². The van der Waals surface area contributed by atoms with E-state index in [9.17, 15) is 0 Å². The van der Waals surface area contributed by atoms with Crippen LogP contribution in [0.5, 0.6) is 0 Å². The molecule has 0 spiro atoms. The lowest BCUT2D eigenvalue weighted by Crippen LogP contribution is -2.19. The molecule has 1 aromatic carbocycles. The van der Waals surface area contributed by atoms with E-state index in [1.165, 1.54) is 17.9 Å². The lowest BCUT2D eigenvalue weighted by molar-refractivity contribution is 0.746. The Morgan fingerprint density at radius 3 is 2.95 bits per heavy atom. The summed E-state index contributed by atoms with van der Waals surface area (Å²) < 4.78 is 1.69. The van der Waals surface area contributed by atoms with Gasteiger partial charge >= 0.3 is 0 Å². The molecule has 2 heterocycles. The molecule has 1 aliphatic heterocycles. The van der Waals surface area contributed by atoms with Gasteiger partial charge in [0.25, 0.3) is 0 Å². The fourth-order valence-corrected chi connectivity index (χ4v) is 3.58. The number of hydrogen-bond acceptors (Lipinski definition) is 5. The zero-order valence-corrected chi connectivity index (χ0v) is 11.9. The summed E-state index contributed by atoms with van der Waals surface area (Å²) in [6, 6.07) is 6.89. The zero-order valence-electron chi connectivity index (χ0n) is 11.1. The first-order chi connectivity index (χ1) is 9.22. The quantitative estimate of drug-likeness (QED) is 0.931. The molecule has 5 nitrogen and oxygen atoms in total. The van der Waals surface area contributed by atoms with Crippen LogP contribution in [0.15, 0.2) is 24.5 Å². The predicted molar refractivity (Wildman–Crippen MR) is 77.8 cm³/mol. The van der Waals surface area contributed by atoms with E-state index in [1.807, 2.05) is 11.8 Å². The lowest BCUT2D eigenvalue weighted by Gasteiger charge is -2.15. The minimum absolute atomic E-state index is 0.582. The fourth-order valence-electron chi connectivity index (χ4n) is 2.43. The monoisotopic (exact) mass is 275 g/mol. The van der Waals surface area contributed by atoms with Crippen molar-refractivity contribution in [2.24, 2.45) is 0 Å². The molecule has 2 atom stereocenters. The van der Waals surface area contributed by atoms with Crippen LogP contribution in [-0.4, -0.2) is 37.3 Å². The van der Waals surface area contributed by atoms with Gasteiger partial charge in [0.05, 0.1) is 5.69 Å². The zero-order chi connectivity index (χ0) is 13.2. The van der Waals surface area contributed by atoms with Crippen molar-refractivity contribution in [1.29, 1.82) is 0 Å². The maximum atomic E-state index is 3.92. The van der Waals surface area contributed by atoms with Crippen molar-refractivity contribution in [3.05, 3.63) is 30.1 Å². The Hall–Kier alpha value is -1.56. The normalized spacial score (nSPS) is 22.6. The van der Waals surface area contributed by atoms with Gasteiger partial charge in [0.2, 0.25) is 0 Å². The molecule has 0 bridgehead atoms. The van der Waals surface area contributed by atoms with E-state index in [4.69, 9.17) is 0 Å². The maximum absolute atomic E-state index is 3.92. The molecular formula is C13H17N5S. The average molecular weight is 275 g/mol. The van der Waals surface area contributed by atoms with Crippen LogP contribution in [0.1, 0.15) is 18.9 Å². The second-order valence-corrected chi connectivity index (χ2v) is 6.45. The highest BCUT2D eigenvalue weighted by Crippen LogP contribution is 2.29. The number of aromatic nitrogens is 4. The van der Waals surface area contributed by atoms with Crippen molar-refractivity contribution in [2.75, 3.05) is 11.1 Å². The summed E-state index contributed by atoms with van der Waals surface area (Å²) in [5, 5.41) is 15.6. The Morgan fingerprint density at radius 2 is 2.32 bits per heavy atom. The van der Waals surface area contributed by atoms with Gasteiger partial charge in [0, 0.05) is 22.7 Å². The number of benzene rings is 1. The molecule has 0 amide bonds. The number of aryl methyl sites for hydroxylation is 1. The molecule has 100 valence electrons. The van der Waals surface area contributed by atoms with Crippen molar-refractivity contribution in [3.8, 4) is 5.69 Å². The smallest absolute Gasteiger partial charge is 0.143 e. The first-order valence-corrected chi connectivity index (χ1v) is 7.49. The maximum Gasteiger partial charge on any atom is 0.143 e. The third-order valence-corrected chi connectivity index (χ3v) is 4.72. The van der Waals surface area contributed by atoms with Gasteiger partial charge < -0.3 is 5.32 Å². The summed E-state index contributed by atoms with van der Waals surface area (Å²) in [5.74, 6) is 1.19. The predicted octanol–water partition coefficient (Wildman–Crippen LogP) is 2.28. The van der Waals surface area contributed by atoms with E-state index >= 15 is 0 Å². The molecule has 1 N–H and O–H groups in total. The first kappa shape index (κ1) is 12.5. The molecule has 0 radical (unpaired) electrons. The van der Waals surface area contributed by atoms with Crippen molar-refractivity contribution >= 4 is 17.4 Å². The number of nitrogens with zero attached hydrogens (tertiary/aromatic N) is 4. The summed E-state index contributed by atoms with van der Waals surface area (Å²) in [4.78, 5) is 0. The van der Waals surface area contributed by atoms with Gasteiger partial charge in [0.1, 0.15) is 6.33 Å². The standard InChI is InChI=1S/C13H17N5S/c1-9-5-11(15-12-6-10(2)19-7-12)3-4-13(9)18-8-14-16-17-18/h3-5,8,10,12,15H,6-7H2,1-2H3. The van der Waals surface area contributed by atoms with E-state index in [0.717, 1.165) is 16.5 Å². The summed E-state index contributed by atoms with van der Waals surface area (Å²) in [6.45, 7) is 4.37. The number of rotatable bonds is 3. The third kappa shape index (κ3) is 2.73. The highest BCUT2D eigenvalue weighted by Gasteiger charge is 2.21. The second kappa shape index (κ2) is 5.21. The largest absolute Gasteiger partial charge is 0.381 e. The van der Waals surface area contributed by atoms with Gasteiger partial charge in [-0.15, -0.1) is 5.10 Å². The Morgan fingerprint density at radius 1 is 1.42 bits per heavy atom. The van der Waals surface area contributed by atoms with Crippen molar-refractivity contribution < 1.29 is 0 Å². The Bertz CT molecular complexity index is 554. The van der Waals surface area contributed by atoms with Crippen LogP contribution in [0.3, 0.4) is 0 Å². The SMILES string of the molecule is Cc1cc(NC2CSC(C)C2)ccc1-n1cnnn1. The van der Waals surface area contributed by atoms with Crippen LogP contribution in [0.2, 0.25) is 0 Å². The van der Waals surface area contributed by atoms with E-state index in [-0.39, 0.29) is 0 Å². The molecule has 2 aromatic rings. The van der Waals surface area contributed by atoms with Gasteiger partial charge in [-0.1, -0.05) is 6.92 Å². The lowest BCUT2D eigenvalue weighted by atomic mass is 10.1. The molecule has 1 aliphatic rings. The number of nitrogens with one attached hydrogen (secondary N) is 1. The summed E-state index contributed by atoms with van der Waals surface area (Å²) >= 11 is 2.04. The van der Waals surface area contributed by atoms with E-state index in [1.54, 1.807) is 11.0 Å². The van der Waals surface area contributed by atoms with Gasteiger partial charge in [-0.05, 0) is 47.5 Å². The number of anilines is 1. The van der Waals surface area contributed by atoms with Crippen molar-refractivity contribution in [3.63, 3.8) is 0 Å². The minimum atomic E-state index is 0.582. The Labute approximate surface area is 116 Å². The number of thioether (sulfide) groups is 1. The molecule has 19 heavy (non-hydrogen) atoms. The van der Waals surface area contributed by atoms with E-state index in [0.29, 0.717) is 6.04 Å². The van der Waals surface area contributed by atoms with Gasteiger partial charge in [-0.3, -0.25) is 0 Å². The van der Waals surface area contributed by atoms with Crippen LogP contribution in [0.25, 0.3) is 5.69 Å². The first-order valence-electron chi connectivity index (χ1n) is 6.44. The number of tetrazole rings is 1. The van der Waals surface area contributed by atoms with Crippen LogP contribution in [0, 0.1) is 6.92 Å². The summed E-state index contributed by atoms with van der Waals surface area (Å²) in [7, 11) is 0. The van der Waals surface area contributed by atoms with Gasteiger partial charge in [-0.2, -0.15) is 11.8 Å². The molecular weight excluding hydrogens is 258 g/mol. The van der Waals surface area contributed by atoms with Gasteiger partial charge in [-0.25, -0.2) is 4.68 Å². The second-order valence-electron chi connectivity index (χ2n) is 4.98. The van der Waals surface area contributed by atoms with E-state index < -0.39 is 0 Å². The van der Waals surface area contributed by atoms with Crippen LogP contribution in [-0.2, 0) is 0 Å². The molecule has 1 aromatic heterocycles.